The van der Waals surface area contributed by atoms with Gasteiger partial charge in [-0.1, -0.05) is 247 Å². The number of hydrogen-bond donors (Lipinski definition) is 1. The zero-order valence-corrected chi connectivity index (χ0v) is 42.3. The zero-order valence-electron chi connectivity index (χ0n) is 42.3. The molecule has 0 aromatic carbocycles. The Morgan fingerprint density at radius 1 is 0.375 bits per heavy atom. The Bertz CT molecular complexity index is 1150. The lowest BCUT2D eigenvalue weighted by atomic mass is 10.0. The number of carbonyl (C=O) groups excluding carboxylic acids is 2. The van der Waals surface area contributed by atoms with E-state index in [4.69, 9.17) is 9.47 Å². The van der Waals surface area contributed by atoms with Gasteiger partial charge in [0.05, 0.1) is 6.61 Å². The van der Waals surface area contributed by atoms with Gasteiger partial charge in [0.25, 0.3) is 0 Å². The Hall–Kier alpha value is -2.66. The van der Waals surface area contributed by atoms with Crippen molar-refractivity contribution < 1.29 is 24.2 Å². The number of unbranched alkanes of at least 4 members (excludes halogenated alkanes) is 30. The van der Waals surface area contributed by atoms with Gasteiger partial charge in [0.15, 0.2) is 6.10 Å². The zero-order chi connectivity index (χ0) is 46.3. The standard InChI is InChI=1S/C59H104O5/c1-3-5-7-9-11-13-15-17-19-21-22-23-24-25-26-27-28-29-30-31-32-33-34-35-36-38-40-42-44-46-48-50-52-54-59(62)64-57(55-60)56-63-58(61)53-51-49-47-45-43-41-39-37-20-18-16-14-12-10-8-6-4-2/h5,7,11-14,17-20,22-23,57,60H,3-4,6,8-10,15-16,21,24-56H2,1-2H3/b7-5-,13-11-,14-12-,19-17-,20-18-,23-22-. The molecule has 0 radical (unpaired) electrons. The fraction of sp³-hybridized carbons (Fsp3) is 0.763. The average Bonchev–Trinajstić information content (AvgIpc) is 3.30. The third kappa shape index (κ3) is 52.0. The SMILES string of the molecule is CC/C=C\C/C=C\C/C=C\C/C=C\CCCCCCCCCCCCCCCCCCCCCCC(=O)OC(CO)COC(=O)CCCCCCCCC/C=C\C/C=C\CCCCC. The molecule has 0 fully saturated rings. The molecular weight excluding hydrogens is 789 g/mol. The molecule has 5 nitrogen and oxygen atoms in total. The third-order valence-corrected chi connectivity index (χ3v) is 12.0. The lowest BCUT2D eigenvalue weighted by Crippen LogP contribution is -2.28. The summed E-state index contributed by atoms with van der Waals surface area (Å²) in [6.45, 7) is 4.02. The van der Waals surface area contributed by atoms with Crippen LogP contribution in [0.3, 0.4) is 0 Å². The summed E-state index contributed by atoms with van der Waals surface area (Å²) in [4.78, 5) is 24.5. The van der Waals surface area contributed by atoms with E-state index >= 15 is 0 Å². The lowest BCUT2D eigenvalue weighted by Gasteiger charge is -2.15. The van der Waals surface area contributed by atoms with Crippen molar-refractivity contribution in [1.82, 2.24) is 0 Å². The van der Waals surface area contributed by atoms with E-state index in [2.05, 4.69) is 86.8 Å². The van der Waals surface area contributed by atoms with E-state index in [1.165, 1.54) is 167 Å². The molecule has 0 amide bonds. The van der Waals surface area contributed by atoms with Gasteiger partial charge in [-0.05, 0) is 83.5 Å². The van der Waals surface area contributed by atoms with Crippen molar-refractivity contribution in [2.45, 2.75) is 277 Å². The van der Waals surface area contributed by atoms with Crippen LogP contribution < -0.4 is 0 Å². The summed E-state index contributed by atoms with van der Waals surface area (Å²) in [5.41, 5.74) is 0. The van der Waals surface area contributed by atoms with E-state index in [0.717, 1.165) is 77.0 Å². The van der Waals surface area contributed by atoms with Crippen LogP contribution in [0.15, 0.2) is 72.9 Å². The minimum atomic E-state index is -0.776. The summed E-state index contributed by atoms with van der Waals surface area (Å²) in [5, 5.41) is 9.63. The molecule has 0 saturated carbocycles. The molecule has 0 rings (SSSR count). The smallest absolute Gasteiger partial charge is 0.306 e. The minimum absolute atomic E-state index is 0.0691. The molecule has 1 N–H and O–H groups in total. The molecule has 1 atom stereocenters. The number of rotatable bonds is 50. The van der Waals surface area contributed by atoms with Crippen molar-refractivity contribution in [3.8, 4) is 0 Å². The van der Waals surface area contributed by atoms with Crippen LogP contribution in [0.4, 0.5) is 0 Å². The highest BCUT2D eigenvalue weighted by Crippen LogP contribution is 2.16. The predicted octanol–water partition coefficient (Wildman–Crippen LogP) is 18.4. The molecular formula is C59H104O5. The van der Waals surface area contributed by atoms with Crippen molar-refractivity contribution in [2.75, 3.05) is 13.2 Å². The Morgan fingerprint density at radius 3 is 1.02 bits per heavy atom. The van der Waals surface area contributed by atoms with Crippen LogP contribution in [0.1, 0.15) is 271 Å². The summed E-state index contributed by atoms with van der Waals surface area (Å²) in [6.07, 6.45) is 74.5. The van der Waals surface area contributed by atoms with E-state index in [1.54, 1.807) is 0 Å². The summed E-state index contributed by atoms with van der Waals surface area (Å²) in [5.74, 6) is -0.591. The molecule has 1 unspecified atom stereocenters. The fourth-order valence-electron chi connectivity index (χ4n) is 7.87. The second kappa shape index (κ2) is 54.7. The minimum Gasteiger partial charge on any atom is -0.462 e. The quantitative estimate of drug-likeness (QED) is 0.0374. The van der Waals surface area contributed by atoms with Gasteiger partial charge in [-0.15, -0.1) is 0 Å². The normalized spacial score (nSPS) is 12.7. The molecule has 0 spiro atoms. The van der Waals surface area contributed by atoms with Gasteiger partial charge < -0.3 is 14.6 Å². The van der Waals surface area contributed by atoms with Gasteiger partial charge in [0, 0.05) is 12.8 Å². The van der Waals surface area contributed by atoms with Crippen LogP contribution in [-0.4, -0.2) is 36.4 Å². The molecule has 0 aliphatic heterocycles. The van der Waals surface area contributed by atoms with E-state index in [0.29, 0.717) is 12.8 Å². The Balaban J connectivity index is 3.45. The summed E-state index contributed by atoms with van der Waals surface area (Å²) in [7, 11) is 0. The highest BCUT2D eigenvalue weighted by atomic mass is 16.6. The molecule has 0 aliphatic rings. The highest BCUT2D eigenvalue weighted by Gasteiger charge is 2.16. The number of allylic oxidation sites excluding steroid dienone is 12. The molecule has 0 bridgehead atoms. The maximum absolute atomic E-state index is 12.3. The van der Waals surface area contributed by atoms with Gasteiger partial charge in [0.2, 0.25) is 0 Å². The monoisotopic (exact) mass is 893 g/mol. The number of hydrogen-bond acceptors (Lipinski definition) is 5. The topological polar surface area (TPSA) is 72.8 Å². The first-order valence-corrected chi connectivity index (χ1v) is 27.5. The number of aliphatic hydroxyl groups is 1. The summed E-state index contributed by atoms with van der Waals surface area (Å²) in [6, 6.07) is 0. The van der Waals surface area contributed by atoms with Crippen molar-refractivity contribution in [3.63, 3.8) is 0 Å². The van der Waals surface area contributed by atoms with Gasteiger partial charge in [0.1, 0.15) is 6.61 Å². The van der Waals surface area contributed by atoms with Crippen LogP contribution in [0, 0.1) is 0 Å². The number of ether oxygens (including phenoxy) is 2. The number of esters is 2. The molecule has 0 aromatic rings. The van der Waals surface area contributed by atoms with Crippen molar-refractivity contribution in [3.05, 3.63) is 72.9 Å². The third-order valence-electron chi connectivity index (χ3n) is 12.0. The van der Waals surface area contributed by atoms with E-state index in [-0.39, 0.29) is 25.2 Å². The second-order valence-corrected chi connectivity index (χ2v) is 18.3. The maximum Gasteiger partial charge on any atom is 0.306 e. The van der Waals surface area contributed by atoms with Crippen LogP contribution in [0.2, 0.25) is 0 Å². The number of carbonyl (C=O) groups is 2. The van der Waals surface area contributed by atoms with Gasteiger partial charge >= 0.3 is 11.9 Å². The predicted molar refractivity (Wildman–Crippen MR) is 279 cm³/mol. The van der Waals surface area contributed by atoms with Crippen LogP contribution >= 0.6 is 0 Å². The molecule has 64 heavy (non-hydrogen) atoms. The average molecular weight is 893 g/mol. The Kier molecular flexibility index (Phi) is 52.4. The molecule has 0 saturated heterocycles. The highest BCUT2D eigenvalue weighted by molar-refractivity contribution is 5.70. The molecule has 0 heterocycles. The summed E-state index contributed by atoms with van der Waals surface area (Å²) >= 11 is 0. The first kappa shape index (κ1) is 61.3. The molecule has 370 valence electrons. The fourth-order valence-corrected chi connectivity index (χ4v) is 7.87. The summed E-state index contributed by atoms with van der Waals surface area (Å²) < 4.78 is 10.7. The number of aliphatic hydroxyl groups excluding tert-OH is 1. The molecule has 0 aliphatic carbocycles. The van der Waals surface area contributed by atoms with Crippen LogP contribution in [0.5, 0.6) is 0 Å². The van der Waals surface area contributed by atoms with Crippen molar-refractivity contribution >= 4 is 11.9 Å². The Labute approximate surface area is 397 Å². The van der Waals surface area contributed by atoms with Crippen molar-refractivity contribution in [2.24, 2.45) is 0 Å². The van der Waals surface area contributed by atoms with Gasteiger partial charge in [-0.3, -0.25) is 9.59 Å². The van der Waals surface area contributed by atoms with E-state index in [1.807, 2.05) is 0 Å². The van der Waals surface area contributed by atoms with Crippen LogP contribution in [0.25, 0.3) is 0 Å². The molecule has 5 heteroatoms. The largest absolute Gasteiger partial charge is 0.462 e. The van der Waals surface area contributed by atoms with E-state index in [9.17, 15) is 14.7 Å². The first-order valence-electron chi connectivity index (χ1n) is 27.5. The second-order valence-electron chi connectivity index (χ2n) is 18.3. The molecule has 0 aromatic heterocycles. The maximum atomic E-state index is 12.3. The Morgan fingerprint density at radius 2 is 0.672 bits per heavy atom. The van der Waals surface area contributed by atoms with E-state index < -0.39 is 6.10 Å². The lowest BCUT2D eigenvalue weighted by molar-refractivity contribution is -0.161. The van der Waals surface area contributed by atoms with Gasteiger partial charge in [-0.25, -0.2) is 0 Å². The van der Waals surface area contributed by atoms with Gasteiger partial charge in [-0.2, -0.15) is 0 Å². The van der Waals surface area contributed by atoms with Crippen LogP contribution in [-0.2, 0) is 19.1 Å². The first-order chi connectivity index (χ1) is 31.6. The van der Waals surface area contributed by atoms with Crippen molar-refractivity contribution in [1.29, 1.82) is 0 Å².